The number of nitrogens with zero attached hydrogens (tertiary/aromatic N) is 1. The maximum Gasteiger partial charge on any atom is 0.227 e. The van der Waals surface area contributed by atoms with E-state index in [-0.39, 0.29) is 5.91 Å². The van der Waals surface area contributed by atoms with E-state index >= 15 is 0 Å². The number of hydrogen-bond acceptors (Lipinski definition) is 1. The number of hydrogen-bond donors (Lipinski definition) is 0. The van der Waals surface area contributed by atoms with E-state index in [1.54, 1.807) is 0 Å². The molecule has 96 valence electrons. The zero-order valence-electron chi connectivity index (χ0n) is 11.0. The highest BCUT2D eigenvalue weighted by atomic mass is 16.2. The van der Waals surface area contributed by atoms with Gasteiger partial charge >= 0.3 is 0 Å². The molecule has 1 amide bonds. The Bertz CT molecular complexity index is 548. The number of amides is 1. The third-order valence-electron chi connectivity index (χ3n) is 2.96. The van der Waals surface area contributed by atoms with Gasteiger partial charge in [0.25, 0.3) is 0 Å². The van der Waals surface area contributed by atoms with Gasteiger partial charge < -0.3 is 4.90 Å². The molecule has 0 fully saturated rings. The Morgan fingerprint density at radius 2 is 1.74 bits per heavy atom. The Morgan fingerprint density at radius 1 is 1.05 bits per heavy atom. The van der Waals surface area contributed by atoms with Crippen molar-refractivity contribution >= 4 is 11.6 Å². The Hall–Kier alpha value is -2.09. The molecule has 2 heteroatoms. The smallest absolute Gasteiger partial charge is 0.227 e. The van der Waals surface area contributed by atoms with E-state index in [9.17, 15) is 4.79 Å². The monoisotopic (exact) mass is 251 g/mol. The fourth-order valence-corrected chi connectivity index (χ4v) is 1.94. The molecule has 0 spiro atoms. The summed E-state index contributed by atoms with van der Waals surface area (Å²) in [5, 5.41) is 0. The standard InChI is InChI=1S/C17H17NO/c1-3-8-17(19)18(2)16-12-7-11-15(13-16)14-9-5-4-6-10-14/h2,4-7,9-13H,3,8H2,1H3. The van der Waals surface area contributed by atoms with E-state index in [1.165, 1.54) is 4.90 Å². The quantitative estimate of drug-likeness (QED) is 0.747. The van der Waals surface area contributed by atoms with Gasteiger partial charge in [-0.2, -0.15) is 0 Å². The number of anilines is 1. The molecule has 0 atom stereocenters. The summed E-state index contributed by atoms with van der Waals surface area (Å²) < 4.78 is 0. The summed E-state index contributed by atoms with van der Waals surface area (Å²) in [6.07, 6.45) is 1.26. The lowest BCUT2D eigenvalue weighted by Crippen LogP contribution is -2.23. The van der Waals surface area contributed by atoms with Gasteiger partial charge in [-0.25, -0.2) is 0 Å². The summed E-state index contributed by atoms with van der Waals surface area (Å²) >= 11 is 0. The molecule has 0 unspecified atom stereocenters. The lowest BCUT2D eigenvalue weighted by atomic mass is 10.0. The summed E-state index contributed by atoms with van der Waals surface area (Å²) in [5.41, 5.74) is 2.89. The summed E-state index contributed by atoms with van der Waals surface area (Å²) in [5.74, 6) is -0.0623. The molecular formula is C17H17NO. The minimum Gasteiger partial charge on any atom is -0.305 e. The van der Waals surface area contributed by atoms with Crippen LogP contribution in [0.4, 0.5) is 5.69 Å². The van der Waals surface area contributed by atoms with Crippen molar-refractivity contribution in [3.63, 3.8) is 0 Å². The van der Waals surface area contributed by atoms with Crippen LogP contribution in [0.1, 0.15) is 19.8 Å². The molecule has 0 aliphatic heterocycles. The Morgan fingerprint density at radius 3 is 2.42 bits per heavy atom. The summed E-state index contributed by atoms with van der Waals surface area (Å²) in [6, 6.07) is 17.7. The fraction of sp³-hybridized carbons (Fsp3) is 0.176. The normalized spacial score (nSPS) is 10.2. The Labute approximate surface area is 114 Å². The van der Waals surface area contributed by atoms with Crippen LogP contribution < -0.4 is 4.90 Å². The van der Waals surface area contributed by atoms with Gasteiger partial charge in [-0.1, -0.05) is 49.4 Å². The third kappa shape index (κ3) is 3.22. The maximum absolute atomic E-state index is 11.8. The number of rotatable bonds is 4. The summed E-state index contributed by atoms with van der Waals surface area (Å²) in [6.45, 7) is 1.96. The molecule has 0 saturated carbocycles. The Kier molecular flexibility index (Phi) is 4.35. The van der Waals surface area contributed by atoms with Crippen LogP contribution in [-0.2, 0) is 4.79 Å². The summed E-state index contributed by atoms with van der Waals surface area (Å²) in [4.78, 5) is 13.0. The van der Waals surface area contributed by atoms with Crippen LogP contribution in [0, 0.1) is 7.05 Å². The van der Waals surface area contributed by atoms with E-state index in [4.69, 9.17) is 7.05 Å². The predicted molar refractivity (Wildman–Crippen MR) is 78.6 cm³/mol. The zero-order valence-corrected chi connectivity index (χ0v) is 11.0. The molecule has 0 N–H and O–H groups in total. The number of carbonyl (C=O) groups excluding carboxylic acids is 1. The van der Waals surface area contributed by atoms with Crippen molar-refractivity contribution in [1.29, 1.82) is 0 Å². The lowest BCUT2D eigenvalue weighted by Gasteiger charge is -2.17. The van der Waals surface area contributed by atoms with E-state index in [0.29, 0.717) is 6.42 Å². The van der Waals surface area contributed by atoms with E-state index in [0.717, 1.165) is 23.2 Å². The van der Waals surface area contributed by atoms with Gasteiger partial charge in [0.2, 0.25) is 5.91 Å². The first-order valence-corrected chi connectivity index (χ1v) is 6.45. The van der Waals surface area contributed by atoms with Crippen molar-refractivity contribution < 1.29 is 4.79 Å². The second kappa shape index (κ2) is 6.19. The molecule has 2 radical (unpaired) electrons. The first-order valence-electron chi connectivity index (χ1n) is 6.45. The van der Waals surface area contributed by atoms with Crippen LogP contribution in [0.3, 0.4) is 0 Å². The molecule has 0 aliphatic carbocycles. The van der Waals surface area contributed by atoms with Gasteiger partial charge in [0.1, 0.15) is 0 Å². The molecule has 0 saturated heterocycles. The van der Waals surface area contributed by atoms with Gasteiger partial charge in [-0.05, 0) is 29.7 Å². The van der Waals surface area contributed by atoms with Crippen molar-refractivity contribution in [3.05, 3.63) is 61.6 Å². The molecule has 2 aromatic rings. The first kappa shape index (κ1) is 13.3. The van der Waals surface area contributed by atoms with Crippen molar-refractivity contribution in [2.24, 2.45) is 0 Å². The topological polar surface area (TPSA) is 20.3 Å². The average molecular weight is 251 g/mol. The minimum absolute atomic E-state index is 0.0623. The van der Waals surface area contributed by atoms with E-state index in [1.807, 2.05) is 61.5 Å². The summed E-state index contributed by atoms with van der Waals surface area (Å²) in [7, 11) is 5.86. The molecule has 0 aliphatic rings. The molecule has 2 nitrogen and oxygen atoms in total. The van der Waals surface area contributed by atoms with E-state index in [2.05, 4.69) is 0 Å². The molecule has 0 heterocycles. The average Bonchev–Trinajstić information content (AvgIpc) is 2.48. The van der Waals surface area contributed by atoms with Crippen molar-refractivity contribution in [2.45, 2.75) is 19.8 Å². The van der Waals surface area contributed by atoms with Crippen LogP contribution >= 0.6 is 0 Å². The van der Waals surface area contributed by atoms with Gasteiger partial charge in [-0.3, -0.25) is 4.79 Å². The fourth-order valence-electron chi connectivity index (χ4n) is 1.94. The maximum atomic E-state index is 11.8. The van der Waals surface area contributed by atoms with Crippen molar-refractivity contribution in [2.75, 3.05) is 4.90 Å². The van der Waals surface area contributed by atoms with Crippen LogP contribution in [0.2, 0.25) is 0 Å². The minimum atomic E-state index is -0.0623. The van der Waals surface area contributed by atoms with Crippen LogP contribution in [-0.4, -0.2) is 5.91 Å². The molecule has 19 heavy (non-hydrogen) atoms. The molecule has 0 bridgehead atoms. The SMILES string of the molecule is [CH]N(C(=O)CCC)c1cccc(-c2ccccc2)c1. The third-order valence-corrected chi connectivity index (χ3v) is 2.96. The predicted octanol–water partition coefficient (Wildman–Crippen LogP) is 4.16. The van der Waals surface area contributed by atoms with Gasteiger partial charge in [0.05, 0.1) is 7.05 Å². The van der Waals surface area contributed by atoms with Crippen molar-refractivity contribution in [1.82, 2.24) is 0 Å². The lowest BCUT2D eigenvalue weighted by molar-refractivity contribution is -0.118. The number of benzene rings is 2. The number of carbonyl (C=O) groups is 1. The highest BCUT2D eigenvalue weighted by Gasteiger charge is 2.10. The van der Waals surface area contributed by atoms with Crippen molar-refractivity contribution in [3.8, 4) is 11.1 Å². The van der Waals surface area contributed by atoms with Gasteiger partial charge in [-0.15, -0.1) is 0 Å². The molecule has 2 rings (SSSR count). The first-order chi connectivity index (χ1) is 9.22. The molecule has 0 aromatic heterocycles. The van der Waals surface area contributed by atoms with Gasteiger partial charge in [0, 0.05) is 12.1 Å². The zero-order chi connectivity index (χ0) is 13.7. The second-order valence-electron chi connectivity index (χ2n) is 4.43. The van der Waals surface area contributed by atoms with Crippen LogP contribution in [0.25, 0.3) is 11.1 Å². The van der Waals surface area contributed by atoms with E-state index < -0.39 is 0 Å². The molecular weight excluding hydrogens is 234 g/mol. The largest absolute Gasteiger partial charge is 0.305 e. The Balaban J connectivity index is 2.27. The van der Waals surface area contributed by atoms with Gasteiger partial charge in [0.15, 0.2) is 0 Å². The highest BCUT2D eigenvalue weighted by molar-refractivity contribution is 5.94. The van der Waals surface area contributed by atoms with Crippen LogP contribution in [0.15, 0.2) is 54.6 Å². The molecule has 2 aromatic carbocycles. The van der Waals surface area contributed by atoms with Crippen LogP contribution in [0.5, 0.6) is 0 Å². The second-order valence-corrected chi connectivity index (χ2v) is 4.43. The highest BCUT2D eigenvalue weighted by Crippen LogP contribution is 2.24.